The molecule has 1 aromatic heterocycles. The lowest BCUT2D eigenvalue weighted by Gasteiger charge is -2.36. The predicted molar refractivity (Wildman–Crippen MR) is 79.2 cm³/mol. The van der Waals surface area contributed by atoms with Gasteiger partial charge < -0.3 is 10.3 Å². The van der Waals surface area contributed by atoms with Gasteiger partial charge >= 0.3 is 0 Å². The number of nitrogens with zero attached hydrogens (tertiary/aromatic N) is 1. The van der Waals surface area contributed by atoms with Crippen molar-refractivity contribution in [2.75, 3.05) is 5.73 Å². The molecule has 0 atom stereocenters. The van der Waals surface area contributed by atoms with E-state index in [-0.39, 0.29) is 0 Å². The molecular formula is C16H28N2O. The van der Waals surface area contributed by atoms with Crippen molar-refractivity contribution in [2.45, 2.75) is 72.1 Å². The quantitative estimate of drug-likeness (QED) is 0.842. The van der Waals surface area contributed by atoms with Gasteiger partial charge in [-0.2, -0.15) is 0 Å². The summed E-state index contributed by atoms with van der Waals surface area (Å²) < 4.78 is 5.23. The second-order valence-electron chi connectivity index (χ2n) is 7.42. The number of anilines is 1. The molecule has 1 fully saturated rings. The summed E-state index contributed by atoms with van der Waals surface area (Å²) in [4.78, 5) is 0. The second-order valence-corrected chi connectivity index (χ2v) is 7.42. The molecule has 0 bridgehead atoms. The Morgan fingerprint density at radius 3 is 2.21 bits per heavy atom. The van der Waals surface area contributed by atoms with Crippen LogP contribution in [0.5, 0.6) is 0 Å². The van der Waals surface area contributed by atoms with E-state index in [9.17, 15) is 0 Å². The minimum Gasteiger partial charge on any atom is -0.367 e. The third-order valence-electron chi connectivity index (χ3n) is 4.70. The lowest BCUT2D eigenvalue weighted by molar-refractivity contribution is 0.167. The van der Waals surface area contributed by atoms with Crippen molar-refractivity contribution in [1.82, 2.24) is 5.16 Å². The van der Waals surface area contributed by atoms with E-state index in [4.69, 9.17) is 10.3 Å². The van der Waals surface area contributed by atoms with Gasteiger partial charge in [-0.15, -0.1) is 0 Å². The average Bonchev–Trinajstić information content (AvgIpc) is 2.70. The van der Waals surface area contributed by atoms with Crippen LogP contribution < -0.4 is 5.73 Å². The molecule has 19 heavy (non-hydrogen) atoms. The summed E-state index contributed by atoms with van der Waals surface area (Å²) in [6.07, 6.45) is 5.01. The van der Waals surface area contributed by atoms with E-state index < -0.39 is 0 Å². The molecule has 2 rings (SSSR count). The average molecular weight is 264 g/mol. The zero-order valence-corrected chi connectivity index (χ0v) is 13.0. The Labute approximate surface area is 116 Å². The molecule has 108 valence electrons. The van der Waals surface area contributed by atoms with E-state index in [2.05, 4.69) is 39.8 Å². The summed E-state index contributed by atoms with van der Waals surface area (Å²) in [7, 11) is 0. The highest BCUT2D eigenvalue weighted by Gasteiger charge is 2.33. The molecule has 1 aromatic rings. The molecule has 0 unspecified atom stereocenters. The molecule has 1 aliphatic rings. The lowest BCUT2D eigenvalue weighted by atomic mass is 9.69. The minimum absolute atomic E-state index is 0.390. The van der Waals surface area contributed by atoms with Gasteiger partial charge in [0.2, 0.25) is 5.88 Å². The fourth-order valence-corrected chi connectivity index (χ4v) is 3.43. The molecule has 0 amide bonds. The van der Waals surface area contributed by atoms with E-state index in [1.54, 1.807) is 0 Å². The number of nitrogens with two attached hydrogens (primary N) is 1. The van der Waals surface area contributed by atoms with Gasteiger partial charge in [-0.25, -0.2) is 0 Å². The largest absolute Gasteiger partial charge is 0.367 e. The van der Waals surface area contributed by atoms with Crippen LogP contribution >= 0.6 is 0 Å². The predicted octanol–water partition coefficient (Wildman–Crippen LogP) is 4.70. The molecule has 1 aliphatic carbocycles. The van der Waals surface area contributed by atoms with Crippen molar-refractivity contribution in [1.29, 1.82) is 0 Å². The highest BCUT2D eigenvalue weighted by molar-refractivity contribution is 5.42. The molecule has 0 spiro atoms. The van der Waals surface area contributed by atoms with Gasteiger partial charge in [0, 0.05) is 11.5 Å². The molecule has 3 nitrogen and oxygen atoms in total. The van der Waals surface area contributed by atoms with Gasteiger partial charge in [-0.1, -0.05) is 39.8 Å². The Hall–Kier alpha value is -0.990. The molecule has 0 aromatic carbocycles. The third kappa shape index (κ3) is 2.96. The summed E-state index contributed by atoms with van der Waals surface area (Å²) in [5.74, 6) is 2.28. The third-order valence-corrected chi connectivity index (χ3v) is 4.70. The van der Waals surface area contributed by atoms with Crippen molar-refractivity contribution in [2.24, 2.45) is 11.3 Å². The number of rotatable bonds is 2. The van der Waals surface area contributed by atoms with Crippen molar-refractivity contribution < 1.29 is 4.52 Å². The fraction of sp³-hybridized carbons (Fsp3) is 0.812. The first-order chi connectivity index (χ1) is 8.80. The molecule has 2 N–H and O–H groups in total. The zero-order chi connectivity index (χ0) is 14.2. The summed E-state index contributed by atoms with van der Waals surface area (Å²) in [6.45, 7) is 11.4. The van der Waals surface area contributed by atoms with Crippen molar-refractivity contribution in [3.63, 3.8) is 0 Å². The van der Waals surface area contributed by atoms with Gasteiger partial charge in [0.1, 0.15) is 0 Å². The normalized spacial score (nSPS) is 24.9. The summed E-state index contributed by atoms with van der Waals surface area (Å²) in [6, 6.07) is 0. The highest BCUT2D eigenvalue weighted by atomic mass is 16.5. The smallest absolute Gasteiger partial charge is 0.225 e. The standard InChI is InChI=1S/C16H28N2O/c1-10(2)13-14(18-19-15(13)17)11-6-8-12(9-7-11)16(3,4)5/h10-12H,6-9,17H2,1-5H3. The first-order valence-electron chi connectivity index (χ1n) is 7.55. The Balaban J connectivity index is 2.10. The molecule has 0 radical (unpaired) electrons. The molecule has 1 heterocycles. The van der Waals surface area contributed by atoms with Crippen molar-refractivity contribution >= 4 is 5.88 Å². The fourth-order valence-electron chi connectivity index (χ4n) is 3.43. The van der Waals surface area contributed by atoms with Crippen LogP contribution in [0.15, 0.2) is 4.52 Å². The Morgan fingerprint density at radius 2 is 1.74 bits per heavy atom. The van der Waals surface area contributed by atoms with Gasteiger partial charge in [-0.3, -0.25) is 0 Å². The monoisotopic (exact) mass is 264 g/mol. The number of nitrogen functional groups attached to an aromatic ring is 1. The minimum atomic E-state index is 0.390. The SMILES string of the molecule is CC(C)c1c(C2CCC(C(C)(C)C)CC2)noc1N. The van der Waals surface area contributed by atoms with E-state index in [0.717, 1.165) is 17.2 Å². The van der Waals surface area contributed by atoms with Crippen molar-refractivity contribution in [3.05, 3.63) is 11.3 Å². The molecule has 0 saturated heterocycles. The zero-order valence-electron chi connectivity index (χ0n) is 13.0. The molecule has 1 saturated carbocycles. The number of hydrogen-bond donors (Lipinski definition) is 1. The summed E-state index contributed by atoms with van der Waals surface area (Å²) in [5.41, 5.74) is 8.60. The highest BCUT2D eigenvalue weighted by Crippen LogP contribution is 2.44. The Kier molecular flexibility index (Phi) is 3.93. The van der Waals surface area contributed by atoms with Gasteiger partial charge in [0.15, 0.2) is 0 Å². The maximum Gasteiger partial charge on any atom is 0.225 e. The van der Waals surface area contributed by atoms with Crippen LogP contribution in [0, 0.1) is 11.3 Å². The van der Waals surface area contributed by atoms with Crippen LogP contribution in [0.3, 0.4) is 0 Å². The summed E-state index contributed by atoms with van der Waals surface area (Å²) in [5, 5.41) is 4.25. The van der Waals surface area contributed by atoms with Crippen LogP contribution in [0.4, 0.5) is 5.88 Å². The van der Waals surface area contributed by atoms with Crippen LogP contribution in [-0.2, 0) is 0 Å². The van der Waals surface area contributed by atoms with E-state index in [1.807, 2.05) is 0 Å². The first kappa shape index (κ1) is 14.4. The maximum absolute atomic E-state index is 5.92. The van der Waals surface area contributed by atoms with Crippen LogP contribution in [-0.4, -0.2) is 5.16 Å². The van der Waals surface area contributed by atoms with E-state index >= 15 is 0 Å². The number of aromatic nitrogens is 1. The topological polar surface area (TPSA) is 52.0 Å². The molecular weight excluding hydrogens is 236 g/mol. The van der Waals surface area contributed by atoms with E-state index in [1.165, 1.54) is 25.7 Å². The second kappa shape index (κ2) is 5.18. The van der Waals surface area contributed by atoms with Crippen LogP contribution in [0.25, 0.3) is 0 Å². The summed E-state index contributed by atoms with van der Waals surface area (Å²) >= 11 is 0. The first-order valence-corrected chi connectivity index (χ1v) is 7.55. The van der Waals surface area contributed by atoms with Gasteiger partial charge in [0.05, 0.1) is 5.69 Å². The lowest BCUT2D eigenvalue weighted by Crippen LogP contribution is -2.25. The number of hydrogen-bond acceptors (Lipinski definition) is 3. The van der Waals surface area contributed by atoms with Gasteiger partial charge in [-0.05, 0) is 42.9 Å². The van der Waals surface area contributed by atoms with Crippen LogP contribution in [0.1, 0.15) is 83.4 Å². The van der Waals surface area contributed by atoms with Crippen LogP contribution in [0.2, 0.25) is 0 Å². The molecule has 0 aliphatic heterocycles. The van der Waals surface area contributed by atoms with Crippen molar-refractivity contribution in [3.8, 4) is 0 Å². The molecule has 3 heteroatoms. The Morgan fingerprint density at radius 1 is 1.16 bits per heavy atom. The Bertz CT molecular complexity index is 420. The van der Waals surface area contributed by atoms with Gasteiger partial charge in [0.25, 0.3) is 0 Å². The maximum atomic E-state index is 5.92. The van der Waals surface area contributed by atoms with E-state index in [0.29, 0.717) is 23.1 Å².